The number of carboxylic acids is 1. The molecule has 0 spiro atoms. The van der Waals surface area contributed by atoms with E-state index >= 15 is 0 Å². The van der Waals surface area contributed by atoms with Gasteiger partial charge in [-0.2, -0.15) is 4.57 Å². The van der Waals surface area contributed by atoms with Crippen LogP contribution < -0.4 is 25.4 Å². The molecule has 3 aromatic rings. The summed E-state index contributed by atoms with van der Waals surface area (Å²) in [7, 11) is 0. The number of fused-ring (bicyclic) bond motifs is 3. The molecule has 0 radical (unpaired) electrons. The van der Waals surface area contributed by atoms with Gasteiger partial charge in [0.05, 0.1) is 23.7 Å². The quantitative estimate of drug-likeness (QED) is 0.0252. The Bertz CT molecular complexity index is 2000. The topological polar surface area (TPSA) is 138 Å². The summed E-state index contributed by atoms with van der Waals surface area (Å²) in [6.45, 7) is 3.35. The number of aliphatic hydroxyl groups is 1. The molecule has 6 rings (SSSR count). The smallest absolute Gasteiger partial charge is 0.303 e. The zero-order valence-corrected chi connectivity index (χ0v) is 33.7. The number of anilines is 1. The van der Waals surface area contributed by atoms with Crippen molar-refractivity contribution in [3.63, 3.8) is 0 Å². The number of rotatable bonds is 17. The number of hydrogen-bond donors (Lipinski definition) is 3. The van der Waals surface area contributed by atoms with Gasteiger partial charge in [-0.15, -0.1) is 29.9 Å². The number of aliphatic carboxylic acids is 1. The minimum atomic E-state index is -0.976. The van der Waals surface area contributed by atoms with Crippen molar-refractivity contribution in [1.82, 2.24) is 10.6 Å². The van der Waals surface area contributed by atoms with E-state index in [-0.39, 0.29) is 31.1 Å². The number of nitrogens with one attached hydrogen (secondary N) is 2. The highest BCUT2D eigenvalue weighted by molar-refractivity contribution is 8.03. The van der Waals surface area contributed by atoms with Crippen LogP contribution in [0.1, 0.15) is 56.4 Å². The molecule has 10 nitrogen and oxygen atoms in total. The Balaban J connectivity index is 1.23. The van der Waals surface area contributed by atoms with Crippen LogP contribution in [-0.2, 0) is 20.9 Å². The van der Waals surface area contributed by atoms with Gasteiger partial charge in [0.2, 0.25) is 17.3 Å². The molecule has 0 saturated heterocycles. The molecule has 1 aromatic heterocycles. The van der Waals surface area contributed by atoms with Gasteiger partial charge in [0.15, 0.2) is 6.54 Å². The van der Waals surface area contributed by atoms with E-state index in [1.54, 1.807) is 46.6 Å². The van der Waals surface area contributed by atoms with Crippen LogP contribution in [0.2, 0.25) is 0 Å². The summed E-state index contributed by atoms with van der Waals surface area (Å²) in [6.07, 6.45) is 18.1. The molecule has 54 heavy (non-hydrogen) atoms. The monoisotopic (exact) mass is 806 g/mol. The van der Waals surface area contributed by atoms with Gasteiger partial charge in [-0.25, -0.2) is 0 Å². The largest absolute Gasteiger partial charge is 0.588 e. The lowest BCUT2D eigenvalue weighted by Crippen LogP contribution is -2.41. The van der Waals surface area contributed by atoms with Gasteiger partial charge < -0.3 is 30.8 Å². The van der Waals surface area contributed by atoms with Crippen molar-refractivity contribution in [2.75, 3.05) is 37.0 Å². The summed E-state index contributed by atoms with van der Waals surface area (Å²) in [5, 5.41) is 27.5. The molecular weight excluding hydrogens is 761 g/mol. The Labute approximate surface area is 333 Å². The maximum Gasteiger partial charge on any atom is 0.303 e. The predicted octanol–water partition coefficient (Wildman–Crippen LogP) is 6.93. The van der Waals surface area contributed by atoms with Gasteiger partial charge in [-0.3, -0.25) is 14.4 Å². The van der Waals surface area contributed by atoms with Gasteiger partial charge >= 0.3 is 5.97 Å². The molecule has 0 saturated carbocycles. The molecule has 2 amide bonds. The number of carbonyl (C=O) groups excluding carboxylic acids is 2. The Kier molecular flexibility index (Phi) is 14.4. The van der Waals surface area contributed by atoms with Crippen LogP contribution in [0.25, 0.3) is 16.3 Å². The first-order chi connectivity index (χ1) is 26.2. The third kappa shape index (κ3) is 10.4. The summed E-state index contributed by atoms with van der Waals surface area (Å²) < 4.78 is 3.51. The van der Waals surface area contributed by atoms with Gasteiger partial charge in [0.1, 0.15) is 4.70 Å². The Morgan fingerprint density at radius 2 is 1.76 bits per heavy atom. The van der Waals surface area contributed by atoms with Crippen LogP contribution in [0.4, 0.5) is 5.69 Å². The maximum atomic E-state index is 12.3. The van der Waals surface area contributed by atoms with Crippen LogP contribution in [-0.4, -0.2) is 59.9 Å². The number of carbonyl (C=O) groups is 3. The van der Waals surface area contributed by atoms with Crippen molar-refractivity contribution >= 4 is 86.4 Å². The number of hydrogen-bond acceptors (Lipinski definition) is 9. The van der Waals surface area contributed by atoms with E-state index in [1.807, 2.05) is 0 Å². The van der Waals surface area contributed by atoms with Gasteiger partial charge in [-0.1, -0.05) is 35.3 Å². The van der Waals surface area contributed by atoms with E-state index < -0.39 is 5.97 Å². The highest BCUT2D eigenvalue weighted by atomic mass is 32.2. The third-order valence-corrected chi connectivity index (χ3v) is 13.4. The Morgan fingerprint density at radius 1 is 1.00 bits per heavy atom. The van der Waals surface area contributed by atoms with Crippen molar-refractivity contribution in [2.24, 2.45) is 5.92 Å². The number of carboxylic acid groups (broad SMARTS) is 1. The second-order valence-corrected chi connectivity index (χ2v) is 17.2. The number of aromatic nitrogens is 1. The number of thiazole rings is 1. The van der Waals surface area contributed by atoms with Crippen LogP contribution >= 0.6 is 46.6 Å². The molecule has 1 unspecified atom stereocenters. The van der Waals surface area contributed by atoms with E-state index in [0.29, 0.717) is 38.5 Å². The standard InChI is InChI=1S/C40H46N4O6S4/c1-51-30-9-11-34-32(24-30)43(17-15-41-36(45)4-3-19-50-49)38(53-34)22-26-5-7-28-8-6-27(21-29(28)20-26)23-39-44(18-16-42-37(46)13-14-40(47)48)33-25-31(52-2)10-12-35(33)54-39/h9-12,19-25,28,50H,3-8,13-18H2,1-2H3,(H,41,45)(H,42,46)(H,47,48). The van der Waals surface area contributed by atoms with E-state index in [0.717, 1.165) is 46.9 Å². The molecule has 2 aromatic carbocycles. The highest BCUT2D eigenvalue weighted by Gasteiger charge is 2.28. The molecule has 1 atom stereocenters. The second-order valence-electron chi connectivity index (χ2n) is 13.3. The molecule has 0 fully saturated rings. The van der Waals surface area contributed by atoms with Gasteiger partial charge in [0, 0.05) is 52.8 Å². The average Bonchev–Trinajstić information content (AvgIpc) is 3.69. The molecule has 2 aliphatic carbocycles. The van der Waals surface area contributed by atoms with E-state index in [4.69, 9.17) is 5.11 Å². The normalized spacial score (nSPS) is 18.1. The average molecular weight is 807 g/mol. The van der Waals surface area contributed by atoms with Crippen molar-refractivity contribution in [3.05, 3.63) is 88.0 Å². The minimum absolute atomic E-state index is 0.0266. The van der Waals surface area contributed by atoms with Crippen molar-refractivity contribution < 1.29 is 34.2 Å². The lowest BCUT2D eigenvalue weighted by atomic mass is 9.77. The second kappa shape index (κ2) is 19.4. The first-order valence-corrected chi connectivity index (χ1v) is 22.2. The van der Waals surface area contributed by atoms with E-state index in [2.05, 4.69) is 98.2 Å². The van der Waals surface area contributed by atoms with Gasteiger partial charge in [-0.05, 0) is 104 Å². The fourth-order valence-electron chi connectivity index (χ4n) is 6.91. The lowest BCUT2D eigenvalue weighted by Gasteiger charge is -2.29. The molecule has 4 N–H and O–H groups in total. The fraction of sp³-hybridized carbons (Fsp3) is 0.375. The summed E-state index contributed by atoms with van der Waals surface area (Å²) in [5.74, 6) is -0.792. The molecule has 14 heteroatoms. The van der Waals surface area contributed by atoms with Crippen LogP contribution in [0, 0.1) is 12.5 Å². The summed E-state index contributed by atoms with van der Waals surface area (Å²) in [6, 6.07) is 13.1. The first-order valence-electron chi connectivity index (χ1n) is 18.1. The summed E-state index contributed by atoms with van der Waals surface area (Å²) in [5.41, 5.74) is 6.23. The van der Waals surface area contributed by atoms with Crippen molar-refractivity contribution in [2.45, 2.75) is 72.6 Å². The number of nitrogens with zero attached hydrogens (tertiary/aromatic N) is 2. The molecule has 3 aliphatic rings. The maximum absolute atomic E-state index is 12.3. The minimum Gasteiger partial charge on any atom is -0.588 e. The number of benzene rings is 2. The van der Waals surface area contributed by atoms with Gasteiger partial charge in [0.25, 0.3) is 5.01 Å². The summed E-state index contributed by atoms with van der Waals surface area (Å²) in [4.78, 5) is 44.1. The lowest BCUT2D eigenvalue weighted by molar-refractivity contribution is -0.762. The zero-order chi connectivity index (χ0) is 38.0. The van der Waals surface area contributed by atoms with Crippen molar-refractivity contribution in [1.29, 1.82) is 0 Å². The van der Waals surface area contributed by atoms with E-state index in [9.17, 15) is 19.6 Å². The van der Waals surface area contributed by atoms with Crippen LogP contribution in [0.15, 0.2) is 91.1 Å². The fourth-order valence-corrected chi connectivity index (χ4v) is 10.1. The summed E-state index contributed by atoms with van der Waals surface area (Å²) >= 11 is 6.93. The first kappa shape index (κ1) is 40.1. The molecule has 286 valence electrons. The van der Waals surface area contributed by atoms with E-state index in [1.165, 1.54) is 42.7 Å². The molecule has 2 heterocycles. The zero-order valence-electron chi connectivity index (χ0n) is 30.5. The highest BCUT2D eigenvalue weighted by Crippen LogP contribution is 2.48. The van der Waals surface area contributed by atoms with Crippen molar-refractivity contribution in [3.8, 4) is 0 Å². The Morgan fingerprint density at radius 3 is 2.56 bits per heavy atom. The number of allylic oxidation sites excluding steroid dienone is 6. The third-order valence-electron chi connectivity index (χ3n) is 9.69. The number of amides is 2. The SMILES string of the molecule is CSc1ccc2c(c1)N(CCNC(=O)CCC(=O)O)/C(=C/C1=CC3=C/C(=C/c4sc5ccc(SC)cc5[n+]4CCNC(=O)CC[CH-][OH+][O-])CCC3CC1)S2. The molecular formula is C40H46N4O6S4. The van der Waals surface area contributed by atoms with Crippen LogP contribution in [0.3, 0.4) is 0 Å². The molecule has 0 bridgehead atoms. The Hall–Kier alpha value is -3.53. The van der Waals surface area contributed by atoms with Crippen LogP contribution in [0.5, 0.6) is 0 Å². The molecule has 1 aliphatic heterocycles. The predicted molar refractivity (Wildman–Crippen MR) is 218 cm³/mol. The number of thioether (sulfide) groups is 3.